The normalized spacial score (nSPS) is 50.9. The van der Waals surface area contributed by atoms with E-state index < -0.39 is 31.3 Å². The number of nitrogens with zero attached hydrogens (tertiary/aromatic N) is 1. The molecule has 5 saturated heterocycles. The van der Waals surface area contributed by atoms with Gasteiger partial charge < -0.3 is 4.90 Å². The van der Waals surface area contributed by atoms with Crippen molar-refractivity contribution < 1.29 is 48.9 Å². The van der Waals surface area contributed by atoms with Crippen molar-refractivity contribution in [3.05, 3.63) is 0 Å². The molecule has 5 heterocycles. The standard InChI is InChI=1S/C5H9NO.O10P4/c1-6-4-2-3-5(6)7;1-11-5-12(2)8-13(3,6-11)10-14(4,7-11)9-12/h2-4H2,1H3;. The van der Waals surface area contributed by atoms with Crippen molar-refractivity contribution in [1.29, 1.82) is 0 Å². The molecule has 12 nitrogen and oxygen atoms in total. The van der Waals surface area contributed by atoms with Crippen LogP contribution in [0.1, 0.15) is 12.8 Å². The first-order chi connectivity index (χ1) is 9.55. The second-order valence-corrected chi connectivity index (χ2v) is 11.7. The predicted molar refractivity (Wildman–Crippen MR) is 63.8 cm³/mol. The fourth-order valence-electron chi connectivity index (χ4n) is 1.70. The molecule has 0 unspecified atom stereocenters. The highest BCUT2D eigenvalue weighted by Crippen LogP contribution is 2.99. The van der Waals surface area contributed by atoms with Gasteiger partial charge in [-0.25, -0.2) is 18.3 Å². The average molecular weight is 383 g/mol. The first-order valence-corrected chi connectivity index (χ1v) is 11.3. The minimum absolute atomic E-state index is 0.292. The zero-order chi connectivity index (χ0) is 15.5. The van der Waals surface area contributed by atoms with Crippen LogP contribution in [-0.4, -0.2) is 24.4 Å². The van der Waals surface area contributed by atoms with Gasteiger partial charge in [0.05, 0.1) is 0 Å². The van der Waals surface area contributed by atoms with E-state index >= 15 is 0 Å². The molecular formula is C5H9NO11P4. The molecule has 5 aliphatic heterocycles. The smallest absolute Gasteiger partial charge is 0.346 e. The van der Waals surface area contributed by atoms with Crippen molar-refractivity contribution >= 4 is 37.2 Å². The van der Waals surface area contributed by atoms with Crippen LogP contribution >= 0.6 is 31.3 Å². The molecule has 16 heteroatoms. The Bertz CT molecular complexity index is 534. The number of rotatable bonds is 0. The maximum atomic E-state index is 11.3. The number of carbonyl (C=O) groups excluding carboxylic acids is 1. The quantitative estimate of drug-likeness (QED) is 0.569. The molecular weight excluding hydrogens is 374 g/mol. The van der Waals surface area contributed by atoms with Gasteiger partial charge in [0.15, 0.2) is 0 Å². The van der Waals surface area contributed by atoms with E-state index in [1.807, 2.05) is 7.05 Å². The lowest BCUT2D eigenvalue weighted by Crippen LogP contribution is -2.19. The summed E-state index contributed by atoms with van der Waals surface area (Å²) in [6.07, 6.45) is 1.81. The third-order valence-electron chi connectivity index (χ3n) is 2.51. The Balaban J connectivity index is 0.000000160. The van der Waals surface area contributed by atoms with E-state index in [0.29, 0.717) is 5.91 Å². The van der Waals surface area contributed by atoms with E-state index in [-0.39, 0.29) is 0 Å². The molecule has 1 amide bonds. The molecule has 4 bridgehead atoms. The van der Waals surface area contributed by atoms with E-state index in [1.165, 1.54) is 0 Å². The Morgan fingerprint density at radius 1 is 0.810 bits per heavy atom. The van der Waals surface area contributed by atoms with E-state index in [0.717, 1.165) is 19.4 Å². The van der Waals surface area contributed by atoms with Crippen LogP contribution in [0.5, 0.6) is 0 Å². The Morgan fingerprint density at radius 2 is 1.14 bits per heavy atom. The van der Waals surface area contributed by atoms with Gasteiger partial charge in [0.1, 0.15) is 0 Å². The third-order valence-corrected chi connectivity index (χ3v) is 12.1. The van der Waals surface area contributed by atoms with Crippen molar-refractivity contribution in [1.82, 2.24) is 4.90 Å². The van der Waals surface area contributed by atoms with Crippen molar-refractivity contribution in [2.45, 2.75) is 12.8 Å². The molecule has 0 aromatic carbocycles. The molecule has 5 rings (SSSR count). The van der Waals surface area contributed by atoms with Crippen LogP contribution in [0, 0.1) is 0 Å². The second-order valence-electron chi connectivity index (χ2n) is 4.20. The zero-order valence-electron chi connectivity index (χ0n) is 10.3. The lowest BCUT2D eigenvalue weighted by Gasteiger charge is -2.41. The minimum Gasteiger partial charge on any atom is -0.346 e. The maximum absolute atomic E-state index is 11.3. The molecule has 0 aromatic heterocycles. The summed E-state index contributed by atoms with van der Waals surface area (Å²) in [5, 5.41) is 0. The third kappa shape index (κ3) is 3.12. The SMILES string of the molecule is CN1CCCC1=O.O=P12OP3(=O)OP(=O)(O1)OP(=O)(O2)O3. The number of hydrogen-bond donors (Lipinski definition) is 0. The lowest BCUT2D eigenvalue weighted by atomic mass is 10.4. The summed E-state index contributed by atoms with van der Waals surface area (Å²) in [5.41, 5.74) is 0. The Hall–Kier alpha value is 0.150. The fourth-order valence-corrected chi connectivity index (χ4v) is 12.2. The van der Waals surface area contributed by atoms with Gasteiger partial charge >= 0.3 is 31.3 Å². The summed E-state index contributed by atoms with van der Waals surface area (Å²) in [6.45, 7) is 0.957. The fraction of sp³-hybridized carbons (Fsp3) is 0.800. The summed E-state index contributed by atoms with van der Waals surface area (Å²) >= 11 is 0. The molecule has 0 atom stereocenters. The first-order valence-electron chi connectivity index (χ1n) is 5.47. The van der Waals surface area contributed by atoms with Crippen LogP contribution in [0.2, 0.25) is 0 Å². The first kappa shape index (κ1) is 16.0. The minimum atomic E-state index is -4.43. The summed E-state index contributed by atoms with van der Waals surface area (Å²) in [7, 11) is -15.9. The van der Waals surface area contributed by atoms with E-state index in [9.17, 15) is 23.1 Å². The van der Waals surface area contributed by atoms with Gasteiger partial charge in [0.25, 0.3) is 0 Å². The molecule has 0 aliphatic carbocycles. The van der Waals surface area contributed by atoms with E-state index in [4.69, 9.17) is 0 Å². The number of carbonyl (C=O) groups is 1. The molecule has 0 saturated carbocycles. The molecule has 0 radical (unpaired) electrons. The van der Waals surface area contributed by atoms with Crippen molar-refractivity contribution in [2.75, 3.05) is 13.6 Å². The van der Waals surface area contributed by atoms with E-state index in [2.05, 4.69) is 25.9 Å². The van der Waals surface area contributed by atoms with E-state index in [1.54, 1.807) is 4.90 Å². The lowest BCUT2D eigenvalue weighted by molar-refractivity contribution is -0.126. The maximum Gasteiger partial charge on any atom is 0.501 e. The van der Waals surface area contributed by atoms with Gasteiger partial charge in [-0.05, 0) is 6.42 Å². The highest BCUT2D eigenvalue weighted by molar-refractivity contribution is 7.88. The highest BCUT2D eigenvalue weighted by Gasteiger charge is 2.74. The van der Waals surface area contributed by atoms with Crippen LogP contribution in [0.25, 0.3) is 0 Å². The largest absolute Gasteiger partial charge is 0.501 e. The number of hydrogen-bond acceptors (Lipinski definition) is 11. The van der Waals surface area contributed by atoms with Crippen LogP contribution in [-0.2, 0) is 48.9 Å². The summed E-state index contributed by atoms with van der Waals surface area (Å²) in [5.74, 6) is 0.292. The molecule has 0 N–H and O–H groups in total. The molecule has 0 aromatic rings. The second kappa shape index (κ2) is 4.82. The van der Waals surface area contributed by atoms with Crippen LogP contribution in [0.4, 0.5) is 0 Å². The molecule has 5 aliphatic rings. The number of phosphoric acid groups is 4. The number of amides is 1. The summed E-state index contributed by atoms with van der Waals surface area (Å²) in [6, 6.07) is 0. The molecule has 120 valence electrons. The van der Waals surface area contributed by atoms with Gasteiger partial charge in [-0.1, -0.05) is 0 Å². The topological polar surface area (TPSA) is 144 Å². The van der Waals surface area contributed by atoms with Gasteiger partial charge in [-0.15, -0.1) is 0 Å². The van der Waals surface area contributed by atoms with Crippen molar-refractivity contribution in [3.63, 3.8) is 0 Å². The highest BCUT2D eigenvalue weighted by atomic mass is 31.4. The molecule has 21 heavy (non-hydrogen) atoms. The van der Waals surface area contributed by atoms with Crippen molar-refractivity contribution in [3.8, 4) is 0 Å². The van der Waals surface area contributed by atoms with Crippen LogP contribution in [0.15, 0.2) is 0 Å². The monoisotopic (exact) mass is 383 g/mol. The molecule has 5 fully saturated rings. The Labute approximate surface area is 118 Å². The Morgan fingerprint density at radius 3 is 1.29 bits per heavy atom. The zero-order valence-corrected chi connectivity index (χ0v) is 13.9. The van der Waals surface area contributed by atoms with Gasteiger partial charge in [-0.2, -0.15) is 25.9 Å². The number of likely N-dealkylation sites (tertiary alicyclic amines) is 1. The summed E-state index contributed by atoms with van der Waals surface area (Å²) in [4.78, 5) is 12.3. The summed E-state index contributed by atoms with van der Waals surface area (Å²) < 4.78 is 69.9. The predicted octanol–water partition coefficient (Wildman–Crippen LogP) is 2.80. The average Bonchev–Trinajstić information content (AvgIpc) is 2.54. The van der Waals surface area contributed by atoms with Gasteiger partial charge in [0.2, 0.25) is 5.91 Å². The van der Waals surface area contributed by atoms with Crippen molar-refractivity contribution in [2.24, 2.45) is 0 Å². The Kier molecular flexibility index (Phi) is 3.68. The van der Waals surface area contributed by atoms with Crippen LogP contribution < -0.4 is 0 Å². The van der Waals surface area contributed by atoms with Gasteiger partial charge in [0, 0.05) is 20.0 Å². The van der Waals surface area contributed by atoms with Gasteiger partial charge in [-0.3, -0.25) is 4.79 Å². The van der Waals surface area contributed by atoms with Crippen LogP contribution in [0.3, 0.4) is 0 Å². The molecule has 0 spiro atoms.